The Hall–Kier alpha value is -1.65. The van der Waals surface area contributed by atoms with E-state index in [1.54, 1.807) is 25.3 Å². The summed E-state index contributed by atoms with van der Waals surface area (Å²) in [4.78, 5) is 10.3. The van der Waals surface area contributed by atoms with Gasteiger partial charge in [-0.15, -0.1) is 0 Å². The van der Waals surface area contributed by atoms with E-state index < -0.39 is 5.97 Å². The van der Waals surface area contributed by atoms with E-state index in [1.807, 2.05) is 0 Å². The second-order valence-corrected chi connectivity index (χ2v) is 2.70. The lowest BCUT2D eigenvalue weighted by molar-refractivity contribution is -0.134. The van der Waals surface area contributed by atoms with Crippen LogP contribution in [-0.4, -0.2) is 32.6 Å². The summed E-state index contributed by atoms with van der Waals surface area (Å²) in [5.41, 5.74) is 1.05. The van der Waals surface area contributed by atoms with Gasteiger partial charge < -0.3 is 15.2 Å². The molecule has 2 radical (unpaired) electrons. The van der Waals surface area contributed by atoms with Crippen LogP contribution >= 0.6 is 0 Å². The van der Waals surface area contributed by atoms with Crippen LogP contribution in [0.4, 0.5) is 5.69 Å². The number of ether oxygens (including phenoxy) is 1. The van der Waals surface area contributed by atoms with E-state index in [1.165, 1.54) is 0 Å². The standard InChI is InChI=1S/C9H10BNO3/c1-14-6-2-3-8(7(10)4-6)11-5-9(12)13/h2-4,11H,5H2,1H3,(H,12,13). The van der Waals surface area contributed by atoms with Crippen LogP contribution in [0.5, 0.6) is 5.75 Å². The van der Waals surface area contributed by atoms with E-state index in [2.05, 4.69) is 5.32 Å². The number of hydrogen-bond acceptors (Lipinski definition) is 3. The molecule has 0 aromatic heterocycles. The maximum absolute atomic E-state index is 10.3. The van der Waals surface area contributed by atoms with E-state index in [4.69, 9.17) is 17.7 Å². The van der Waals surface area contributed by atoms with Gasteiger partial charge in [0.15, 0.2) is 0 Å². The monoisotopic (exact) mass is 191 g/mol. The zero-order valence-electron chi connectivity index (χ0n) is 7.78. The van der Waals surface area contributed by atoms with Crippen LogP contribution < -0.4 is 15.5 Å². The summed E-state index contributed by atoms with van der Waals surface area (Å²) in [5, 5.41) is 11.1. The van der Waals surface area contributed by atoms with Crippen LogP contribution in [-0.2, 0) is 4.79 Å². The molecule has 0 unspecified atom stereocenters. The maximum atomic E-state index is 10.3. The molecular formula is C9H10BNO3. The first-order chi connectivity index (χ1) is 6.63. The fourth-order valence-corrected chi connectivity index (χ4v) is 1.000. The van der Waals surface area contributed by atoms with Crippen molar-refractivity contribution in [2.24, 2.45) is 0 Å². The fraction of sp³-hybridized carbons (Fsp3) is 0.222. The molecule has 0 amide bonds. The molecule has 0 saturated carbocycles. The van der Waals surface area contributed by atoms with Gasteiger partial charge in [0.1, 0.15) is 20.1 Å². The Balaban J connectivity index is 2.73. The number of benzene rings is 1. The topological polar surface area (TPSA) is 58.6 Å². The van der Waals surface area contributed by atoms with Crippen LogP contribution in [0.1, 0.15) is 0 Å². The summed E-state index contributed by atoms with van der Waals surface area (Å²) in [6.45, 7) is -0.156. The molecule has 0 fully saturated rings. The molecule has 0 bridgehead atoms. The van der Waals surface area contributed by atoms with Crippen LogP contribution in [0.15, 0.2) is 18.2 Å². The molecule has 72 valence electrons. The van der Waals surface area contributed by atoms with Crippen molar-refractivity contribution in [2.45, 2.75) is 0 Å². The minimum absolute atomic E-state index is 0.156. The summed E-state index contributed by atoms with van der Waals surface area (Å²) < 4.78 is 4.95. The van der Waals surface area contributed by atoms with Crippen molar-refractivity contribution in [3.05, 3.63) is 18.2 Å². The molecule has 1 aromatic carbocycles. The minimum Gasteiger partial charge on any atom is -0.497 e. The van der Waals surface area contributed by atoms with Crippen molar-refractivity contribution in [1.29, 1.82) is 0 Å². The van der Waals surface area contributed by atoms with Crippen LogP contribution in [0, 0.1) is 0 Å². The normalized spacial score (nSPS) is 9.50. The van der Waals surface area contributed by atoms with Gasteiger partial charge in [-0.05, 0) is 18.2 Å². The Morgan fingerprint density at radius 3 is 2.86 bits per heavy atom. The van der Waals surface area contributed by atoms with E-state index in [0.717, 1.165) is 0 Å². The average molecular weight is 191 g/mol. The van der Waals surface area contributed by atoms with Gasteiger partial charge in [-0.2, -0.15) is 0 Å². The number of carboxylic acid groups (broad SMARTS) is 1. The lowest BCUT2D eigenvalue weighted by Gasteiger charge is -2.09. The molecule has 4 nitrogen and oxygen atoms in total. The minimum atomic E-state index is -0.930. The molecule has 1 aromatic rings. The average Bonchev–Trinajstić information content (AvgIpc) is 2.15. The molecule has 0 spiro atoms. The van der Waals surface area contributed by atoms with Gasteiger partial charge in [0.2, 0.25) is 0 Å². The third kappa shape index (κ3) is 2.69. The van der Waals surface area contributed by atoms with Crippen molar-refractivity contribution in [3.8, 4) is 5.75 Å². The SMILES string of the molecule is [B]c1cc(OC)ccc1NCC(=O)O. The van der Waals surface area contributed by atoms with Gasteiger partial charge >= 0.3 is 5.97 Å². The number of anilines is 1. The lowest BCUT2D eigenvalue weighted by Crippen LogP contribution is -2.18. The highest BCUT2D eigenvalue weighted by molar-refractivity contribution is 6.36. The zero-order valence-corrected chi connectivity index (χ0v) is 7.78. The summed E-state index contributed by atoms with van der Waals surface area (Å²) in [7, 11) is 7.19. The predicted molar refractivity (Wildman–Crippen MR) is 54.5 cm³/mol. The van der Waals surface area contributed by atoms with E-state index in [-0.39, 0.29) is 6.54 Å². The second kappa shape index (κ2) is 4.55. The van der Waals surface area contributed by atoms with Gasteiger partial charge in [0, 0.05) is 5.69 Å². The first-order valence-electron chi connectivity index (χ1n) is 4.02. The highest BCUT2D eigenvalue weighted by Crippen LogP contribution is 2.11. The van der Waals surface area contributed by atoms with Crippen molar-refractivity contribution >= 4 is 25.0 Å². The van der Waals surface area contributed by atoms with Crippen molar-refractivity contribution in [2.75, 3.05) is 19.0 Å². The van der Waals surface area contributed by atoms with E-state index >= 15 is 0 Å². The van der Waals surface area contributed by atoms with Gasteiger partial charge in [-0.25, -0.2) is 0 Å². The van der Waals surface area contributed by atoms with Crippen molar-refractivity contribution < 1.29 is 14.6 Å². The van der Waals surface area contributed by atoms with Crippen LogP contribution in [0.2, 0.25) is 0 Å². The molecular weight excluding hydrogens is 181 g/mol. The van der Waals surface area contributed by atoms with E-state index in [0.29, 0.717) is 16.9 Å². The lowest BCUT2D eigenvalue weighted by atomic mass is 9.94. The van der Waals surface area contributed by atoms with E-state index in [9.17, 15) is 4.79 Å². The molecule has 14 heavy (non-hydrogen) atoms. The number of aliphatic carboxylic acids is 1. The molecule has 0 aliphatic rings. The predicted octanol–water partition coefficient (Wildman–Crippen LogP) is -0.0145. The molecule has 1 rings (SSSR count). The first-order valence-corrected chi connectivity index (χ1v) is 4.02. The highest BCUT2D eigenvalue weighted by Gasteiger charge is 2.01. The second-order valence-electron chi connectivity index (χ2n) is 2.70. The van der Waals surface area contributed by atoms with Crippen molar-refractivity contribution in [3.63, 3.8) is 0 Å². The molecule has 0 saturated heterocycles. The summed E-state index contributed by atoms with van der Waals surface area (Å²) in [6.07, 6.45) is 0. The number of methoxy groups -OCH3 is 1. The molecule has 0 heterocycles. The number of carbonyl (C=O) groups is 1. The largest absolute Gasteiger partial charge is 0.497 e. The Morgan fingerprint density at radius 1 is 1.64 bits per heavy atom. The number of rotatable bonds is 4. The number of nitrogens with one attached hydrogen (secondary N) is 1. The first kappa shape index (κ1) is 10.4. The van der Waals surface area contributed by atoms with Gasteiger partial charge in [-0.1, -0.05) is 5.46 Å². The number of carboxylic acids is 1. The molecule has 0 aliphatic carbocycles. The number of hydrogen-bond donors (Lipinski definition) is 2. The molecule has 0 aliphatic heterocycles. The van der Waals surface area contributed by atoms with Gasteiger partial charge in [-0.3, -0.25) is 4.79 Å². The summed E-state index contributed by atoms with van der Waals surface area (Å²) >= 11 is 0. The molecule has 0 atom stereocenters. The van der Waals surface area contributed by atoms with Gasteiger partial charge in [0.05, 0.1) is 7.11 Å². The smallest absolute Gasteiger partial charge is 0.322 e. The third-order valence-corrected chi connectivity index (χ3v) is 1.69. The Kier molecular flexibility index (Phi) is 3.39. The zero-order chi connectivity index (χ0) is 10.6. The Bertz CT molecular complexity index is 341. The third-order valence-electron chi connectivity index (χ3n) is 1.69. The molecule has 2 N–H and O–H groups in total. The maximum Gasteiger partial charge on any atom is 0.322 e. The van der Waals surface area contributed by atoms with Crippen molar-refractivity contribution in [1.82, 2.24) is 0 Å². The summed E-state index contributed by atoms with van der Waals surface area (Å²) in [5.74, 6) is -0.288. The Morgan fingerprint density at radius 2 is 2.36 bits per heavy atom. The van der Waals surface area contributed by atoms with Crippen LogP contribution in [0.25, 0.3) is 0 Å². The van der Waals surface area contributed by atoms with Crippen LogP contribution in [0.3, 0.4) is 0 Å². The summed E-state index contributed by atoms with van der Waals surface area (Å²) in [6, 6.07) is 5.02. The molecule has 5 heteroatoms. The quantitative estimate of drug-likeness (QED) is 0.657. The Labute approximate surface area is 83.3 Å². The fourth-order valence-electron chi connectivity index (χ4n) is 1.000. The highest BCUT2D eigenvalue weighted by atomic mass is 16.5. The van der Waals surface area contributed by atoms with Gasteiger partial charge in [0.25, 0.3) is 0 Å².